The topological polar surface area (TPSA) is 67.2 Å². The van der Waals surface area contributed by atoms with Crippen LogP contribution in [-0.2, 0) is 0 Å². The van der Waals surface area contributed by atoms with E-state index in [4.69, 9.17) is 0 Å². The van der Waals surface area contributed by atoms with Crippen LogP contribution in [0.4, 0.5) is 0 Å². The molecule has 4 aromatic rings. The number of hydrogen-bond acceptors (Lipinski definition) is 4. The molecule has 0 fully saturated rings. The van der Waals surface area contributed by atoms with Gasteiger partial charge in [-0.25, -0.2) is 5.43 Å². The van der Waals surface area contributed by atoms with Gasteiger partial charge in [0.2, 0.25) is 0 Å². The lowest BCUT2D eigenvalue weighted by atomic mass is 10.1. The van der Waals surface area contributed by atoms with Crippen molar-refractivity contribution in [2.24, 2.45) is 5.10 Å². The highest BCUT2D eigenvalue weighted by Crippen LogP contribution is 2.18. The van der Waals surface area contributed by atoms with Crippen LogP contribution < -0.4 is 5.43 Å². The van der Waals surface area contributed by atoms with Gasteiger partial charge in [0.1, 0.15) is 11.4 Å². The third-order valence-corrected chi connectivity index (χ3v) is 4.32. The lowest BCUT2D eigenvalue weighted by molar-refractivity contribution is 0.0950. The van der Waals surface area contributed by atoms with E-state index in [0.717, 1.165) is 16.7 Å². The van der Waals surface area contributed by atoms with E-state index in [1.54, 1.807) is 18.5 Å². The number of benzene rings is 2. The second-order valence-electron chi connectivity index (χ2n) is 6.28. The summed E-state index contributed by atoms with van der Waals surface area (Å²) in [5.74, 6) is -0.382. The molecular weight excluding hydrogens is 360 g/mol. The number of nitrogens with one attached hydrogen (secondary N) is 1. The lowest BCUT2D eigenvalue weighted by Crippen LogP contribution is -2.22. The van der Waals surface area contributed by atoms with E-state index < -0.39 is 0 Å². The predicted octanol–water partition coefficient (Wildman–Crippen LogP) is 4.33. The Hall–Kier alpha value is -4.12. The molecule has 0 atom stereocenters. The van der Waals surface area contributed by atoms with Crippen molar-refractivity contribution in [2.45, 2.75) is 0 Å². The SMILES string of the molecule is O=C(NN=C(c1ccccc1)c1ccccn1)c1cc(-c2ccccc2)ccn1. The van der Waals surface area contributed by atoms with Crippen LogP contribution in [0.3, 0.4) is 0 Å². The first-order chi connectivity index (χ1) is 14.3. The maximum atomic E-state index is 12.7. The zero-order valence-electron chi connectivity index (χ0n) is 15.6. The first-order valence-electron chi connectivity index (χ1n) is 9.17. The Morgan fingerprint density at radius 2 is 1.38 bits per heavy atom. The maximum Gasteiger partial charge on any atom is 0.289 e. The van der Waals surface area contributed by atoms with Gasteiger partial charge in [-0.3, -0.25) is 14.8 Å². The zero-order chi connectivity index (χ0) is 19.9. The molecule has 2 aromatic heterocycles. The summed E-state index contributed by atoms with van der Waals surface area (Å²) < 4.78 is 0. The number of carbonyl (C=O) groups excluding carboxylic acids is 1. The van der Waals surface area contributed by atoms with Gasteiger partial charge < -0.3 is 0 Å². The molecule has 0 aliphatic heterocycles. The van der Waals surface area contributed by atoms with Crippen LogP contribution in [0.1, 0.15) is 21.7 Å². The molecule has 0 aliphatic rings. The highest BCUT2D eigenvalue weighted by molar-refractivity contribution is 6.12. The largest absolute Gasteiger partial charge is 0.289 e. The fourth-order valence-corrected chi connectivity index (χ4v) is 2.90. The molecule has 0 aliphatic carbocycles. The number of rotatable bonds is 5. The fraction of sp³-hybridized carbons (Fsp3) is 0. The Kier molecular flexibility index (Phi) is 5.48. The zero-order valence-corrected chi connectivity index (χ0v) is 15.6. The summed E-state index contributed by atoms with van der Waals surface area (Å²) in [7, 11) is 0. The molecule has 0 radical (unpaired) electrons. The molecule has 0 saturated heterocycles. The molecule has 0 bridgehead atoms. The predicted molar refractivity (Wildman–Crippen MR) is 113 cm³/mol. The van der Waals surface area contributed by atoms with E-state index in [-0.39, 0.29) is 5.91 Å². The highest BCUT2D eigenvalue weighted by atomic mass is 16.2. The molecule has 5 nitrogen and oxygen atoms in total. The van der Waals surface area contributed by atoms with Gasteiger partial charge in [0.05, 0.1) is 5.69 Å². The molecule has 0 saturated carbocycles. The molecule has 0 unspecified atom stereocenters. The molecule has 29 heavy (non-hydrogen) atoms. The maximum absolute atomic E-state index is 12.7. The molecule has 2 heterocycles. The number of carbonyl (C=O) groups is 1. The third kappa shape index (κ3) is 4.42. The van der Waals surface area contributed by atoms with Crippen LogP contribution in [0.5, 0.6) is 0 Å². The molecule has 0 spiro atoms. The summed E-state index contributed by atoms with van der Waals surface area (Å²) >= 11 is 0. The molecule has 5 heteroatoms. The Morgan fingerprint density at radius 1 is 0.690 bits per heavy atom. The Morgan fingerprint density at radius 3 is 2.10 bits per heavy atom. The van der Waals surface area contributed by atoms with Gasteiger partial charge in [0.15, 0.2) is 0 Å². The third-order valence-electron chi connectivity index (χ3n) is 4.32. The second-order valence-corrected chi connectivity index (χ2v) is 6.28. The van der Waals surface area contributed by atoms with Crippen LogP contribution in [0.2, 0.25) is 0 Å². The number of aromatic nitrogens is 2. The van der Waals surface area contributed by atoms with E-state index >= 15 is 0 Å². The quantitative estimate of drug-likeness (QED) is 0.415. The summed E-state index contributed by atoms with van der Waals surface area (Å²) in [6.45, 7) is 0. The van der Waals surface area contributed by atoms with Gasteiger partial charge in [-0.1, -0.05) is 66.7 Å². The number of nitrogens with zero attached hydrogens (tertiary/aromatic N) is 3. The van der Waals surface area contributed by atoms with Crippen LogP contribution in [0, 0.1) is 0 Å². The smallest absolute Gasteiger partial charge is 0.266 e. The minimum Gasteiger partial charge on any atom is -0.266 e. The van der Waals surface area contributed by atoms with Gasteiger partial charge in [0, 0.05) is 18.0 Å². The van der Waals surface area contributed by atoms with Crippen molar-refractivity contribution in [1.29, 1.82) is 0 Å². The monoisotopic (exact) mass is 378 g/mol. The molecule has 140 valence electrons. The first kappa shape index (κ1) is 18.3. The van der Waals surface area contributed by atoms with Crippen LogP contribution in [0.15, 0.2) is 108 Å². The van der Waals surface area contributed by atoms with Crippen molar-refractivity contribution in [3.8, 4) is 11.1 Å². The summed E-state index contributed by atoms with van der Waals surface area (Å²) in [6.07, 6.45) is 3.32. The highest BCUT2D eigenvalue weighted by Gasteiger charge is 2.12. The summed E-state index contributed by atoms with van der Waals surface area (Å²) in [5, 5.41) is 4.36. The lowest BCUT2D eigenvalue weighted by Gasteiger charge is -2.08. The van der Waals surface area contributed by atoms with Crippen LogP contribution in [-0.4, -0.2) is 21.6 Å². The average molecular weight is 378 g/mol. The van der Waals surface area contributed by atoms with E-state index in [9.17, 15) is 4.79 Å². The summed E-state index contributed by atoms with van der Waals surface area (Å²) in [5.41, 5.74) is 6.97. The van der Waals surface area contributed by atoms with Crippen molar-refractivity contribution in [1.82, 2.24) is 15.4 Å². The minimum atomic E-state index is -0.382. The Balaban J connectivity index is 1.62. The summed E-state index contributed by atoms with van der Waals surface area (Å²) in [6, 6.07) is 28.7. The van der Waals surface area contributed by atoms with Gasteiger partial charge in [0.25, 0.3) is 5.91 Å². The number of hydrazone groups is 1. The number of amides is 1. The average Bonchev–Trinajstić information content (AvgIpc) is 2.81. The van der Waals surface area contributed by atoms with Crippen molar-refractivity contribution in [3.63, 3.8) is 0 Å². The molecule has 4 rings (SSSR count). The van der Waals surface area contributed by atoms with Crippen molar-refractivity contribution in [3.05, 3.63) is 120 Å². The standard InChI is InChI=1S/C24H18N4O/c29-24(22-17-20(14-16-26-22)18-9-3-1-4-10-18)28-27-23(19-11-5-2-6-12-19)21-13-7-8-15-25-21/h1-17H,(H,28,29). The van der Waals surface area contributed by atoms with Crippen molar-refractivity contribution in [2.75, 3.05) is 0 Å². The fourth-order valence-electron chi connectivity index (χ4n) is 2.90. The Bertz CT molecular complexity index is 1090. The molecule has 1 amide bonds. The second kappa shape index (κ2) is 8.71. The molecule has 2 aromatic carbocycles. The number of hydrogen-bond donors (Lipinski definition) is 1. The van der Waals surface area contributed by atoms with E-state index in [2.05, 4.69) is 20.5 Å². The van der Waals surface area contributed by atoms with Gasteiger partial charge in [-0.15, -0.1) is 0 Å². The Labute approximate surface area is 168 Å². The van der Waals surface area contributed by atoms with Gasteiger partial charge >= 0.3 is 0 Å². The van der Waals surface area contributed by atoms with E-state index in [1.807, 2.05) is 84.9 Å². The molecule has 1 N–H and O–H groups in total. The van der Waals surface area contributed by atoms with Crippen molar-refractivity contribution >= 4 is 11.6 Å². The number of pyridine rings is 2. The van der Waals surface area contributed by atoms with Crippen molar-refractivity contribution < 1.29 is 4.79 Å². The van der Waals surface area contributed by atoms with Crippen LogP contribution in [0.25, 0.3) is 11.1 Å². The van der Waals surface area contributed by atoms with Crippen LogP contribution >= 0.6 is 0 Å². The van der Waals surface area contributed by atoms with E-state index in [0.29, 0.717) is 17.1 Å². The van der Waals surface area contributed by atoms with E-state index in [1.165, 1.54) is 0 Å². The first-order valence-corrected chi connectivity index (χ1v) is 9.17. The normalized spacial score (nSPS) is 11.1. The summed E-state index contributed by atoms with van der Waals surface area (Å²) in [4.78, 5) is 21.2. The van der Waals surface area contributed by atoms with Gasteiger partial charge in [-0.05, 0) is 35.4 Å². The molecular formula is C24H18N4O. The minimum absolute atomic E-state index is 0.295. The van der Waals surface area contributed by atoms with Gasteiger partial charge in [-0.2, -0.15) is 5.10 Å².